The van der Waals surface area contributed by atoms with E-state index in [4.69, 9.17) is 16.3 Å². The van der Waals surface area contributed by atoms with E-state index in [0.29, 0.717) is 17.4 Å². The molecule has 0 saturated heterocycles. The zero-order chi connectivity index (χ0) is 14.7. The number of anilines is 1. The van der Waals surface area contributed by atoms with Crippen molar-refractivity contribution >= 4 is 28.2 Å². The molecule has 21 heavy (non-hydrogen) atoms. The first-order valence-corrected chi connectivity index (χ1v) is 6.91. The van der Waals surface area contributed by atoms with Crippen LogP contribution in [0.2, 0.25) is 5.02 Å². The summed E-state index contributed by atoms with van der Waals surface area (Å²) in [6, 6.07) is 11.5. The number of hydrogen-bond donors (Lipinski definition) is 1. The number of ether oxygens (including phenoxy) is 1. The molecule has 0 aliphatic carbocycles. The summed E-state index contributed by atoms with van der Waals surface area (Å²) in [6.07, 6.45) is 3.56. The molecular weight excluding hydrogens is 286 g/mol. The van der Waals surface area contributed by atoms with Gasteiger partial charge in [0.05, 0.1) is 18.3 Å². The number of methoxy groups -OCH3 is 1. The van der Waals surface area contributed by atoms with Gasteiger partial charge in [0.15, 0.2) is 0 Å². The number of hydrogen-bond acceptors (Lipinski definition) is 4. The van der Waals surface area contributed by atoms with Gasteiger partial charge in [0, 0.05) is 35.4 Å². The van der Waals surface area contributed by atoms with Crippen LogP contribution in [0.3, 0.4) is 0 Å². The maximum Gasteiger partial charge on any atom is 0.212 e. The molecular formula is C16H14ClN3O. The number of nitrogens with one attached hydrogen (secondary N) is 1. The van der Waals surface area contributed by atoms with Crippen molar-refractivity contribution in [1.82, 2.24) is 9.97 Å². The van der Waals surface area contributed by atoms with Crippen molar-refractivity contribution in [3.05, 3.63) is 59.4 Å². The van der Waals surface area contributed by atoms with Crippen molar-refractivity contribution in [1.29, 1.82) is 0 Å². The SMILES string of the molecule is COc1ccc(CNc2cc(Cl)cc3cccnc23)cn1. The summed E-state index contributed by atoms with van der Waals surface area (Å²) in [5.41, 5.74) is 2.87. The fraction of sp³-hybridized carbons (Fsp3) is 0.125. The zero-order valence-electron chi connectivity index (χ0n) is 11.5. The predicted molar refractivity (Wildman–Crippen MR) is 84.9 cm³/mol. The van der Waals surface area contributed by atoms with E-state index in [1.807, 2.05) is 36.4 Å². The van der Waals surface area contributed by atoms with E-state index < -0.39 is 0 Å². The van der Waals surface area contributed by atoms with Crippen LogP contribution in [0.25, 0.3) is 10.9 Å². The van der Waals surface area contributed by atoms with E-state index >= 15 is 0 Å². The number of benzene rings is 1. The van der Waals surface area contributed by atoms with Crippen molar-refractivity contribution in [2.75, 3.05) is 12.4 Å². The number of rotatable bonds is 4. The minimum absolute atomic E-state index is 0.605. The third kappa shape index (κ3) is 3.06. The Morgan fingerprint density at radius 3 is 2.86 bits per heavy atom. The van der Waals surface area contributed by atoms with Crippen LogP contribution in [-0.4, -0.2) is 17.1 Å². The molecule has 4 nitrogen and oxygen atoms in total. The molecule has 5 heteroatoms. The second-order valence-electron chi connectivity index (χ2n) is 4.59. The van der Waals surface area contributed by atoms with E-state index in [0.717, 1.165) is 22.2 Å². The molecule has 0 bridgehead atoms. The van der Waals surface area contributed by atoms with Gasteiger partial charge in [0.1, 0.15) is 0 Å². The number of aromatic nitrogens is 2. The Morgan fingerprint density at radius 2 is 2.10 bits per heavy atom. The van der Waals surface area contributed by atoms with Gasteiger partial charge in [-0.3, -0.25) is 4.98 Å². The first kappa shape index (κ1) is 13.6. The molecule has 1 aromatic carbocycles. The maximum absolute atomic E-state index is 6.15. The van der Waals surface area contributed by atoms with Crippen molar-refractivity contribution < 1.29 is 4.74 Å². The topological polar surface area (TPSA) is 47.0 Å². The lowest BCUT2D eigenvalue weighted by Gasteiger charge is -2.10. The molecule has 0 unspecified atom stereocenters. The fourth-order valence-electron chi connectivity index (χ4n) is 2.12. The van der Waals surface area contributed by atoms with Crippen molar-refractivity contribution in [3.8, 4) is 5.88 Å². The van der Waals surface area contributed by atoms with Gasteiger partial charge in [-0.05, 0) is 23.8 Å². The Balaban J connectivity index is 1.84. The summed E-state index contributed by atoms with van der Waals surface area (Å²) in [5.74, 6) is 0.605. The van der Waals surface area contributed by atoms with E-state index in [1.54, 1.807) is 19.5 Å². The lowest BCUT2D eigenvalue weighted by atomic mass is 10.2. The molecule has 0 saturated carbocycles. The molecule has 1 N–H and O–H groups in total. The maximum atomic E-state index is 6.15. The largest absolute Gasteiger partial charge is 0.481 e. The fourth-order valence-corrected chi connectivity index (χ4v) is 2.35. The van der Waals surface area contributed by atoms with Crippen LogP contribution in [0.1, 0.15) is 5.56 Å². The number of nitrogens with zero attached hydrogens (tertiary/aromatic N) is 2. The summed E-state index contributed by atoms with van der Waals surface area (Å²) in [4.78, 5) is 8.59. The second-order valence-corrected chi connectivity index (χ2v) is 5.03. The van der Waals surface area contributed by atoms with Crippen molar-refractivity contribution in [3.63, 3.8) is 0 Å². The second kappa shape index (κ2) is 5.97. The Bertz CT molecular complexity index is 759. The van der Waals surface area contributed by atoms with Crippen molar-refractivity contribution in [2.24, 2.45) is 0 Å². The molecule has 3 aromatic rings. The first-order valence-electron chi connectivity index (χ1n) is 6.53. The van der Waals surface area contributed by atoms with Crippen LogP contribution in [-0.2, 0) is 6.54 Å². The van der Waals surface area contributed by atoms with Crippen LogP contribution in [0, 0.1) is 0 Å². The Labute approximate surface area is 127 Å². The molecule has 2 heterocycles. The molecule has 0 atom stereocenters. The third-order valence-electron chi connectivity index (χ3n) is 3.16. The van der Waals surface area contributed by atoms with Crippen LogP contribution in [0.5, 0.6) is 5.88 Å². The van der Waals surface area contributed by atoms with Crippen LogP contribution >= 0.6 is 11.6 Å². The van der Waals surface area contributed by atoms with Gasteiger partial charge >= 0.3 is 0 Å². The molecule has 0 aliphatic heterocycles. The lowest BCUT2D eigenvalue weighted by molar-refractivity contribution is 0.397. The predicted octanol–water partition coefficient (Wildman–Crippen LogP) is 3.90. The molecule has 3 rings (SSSR count). The number of pyridine rings is 2. The minimum atomic E-state index is 0.605. The number of halogens is 1. The van der Waals surface area contributed by atoms with Gasteiger partial charge in [-0.25, -0.2) is 4.98 Å². The normalized spacial score (nSPS) is 10.6. The zero-order valence-corrected chi connectivity index (χ0v) is 12.3. The third-order valence-corrected chi connectivity index (χ3v) is 3.38. The van der Waals surface area contributed by atoms with Gasteiger partial charge in [-0.2, -0.15) is 0 Å². The molecule has 2 aromatic heterocycles. The van der Waals surface area contributed by atoms with Gasteiger partial charge < -0.3 is 10.1 Å². The molecule has 0 fully saturated rings. The average Bonchev–Trinajstić information content (AvgIpc) is 2.53. The Hall–Kier alpha value is -2.33. The highest BCUT2D eigenvalue weighted by Gasteiger charge is 2.04. The van der Waals surface area contributed by atoms with Gasteiger partial charge in [-0.15, -0.1) is 0 Å². The molecule has 0 aliphatic rings. The van der Waals surface area contributed by atoms with E-state index in [-0.39, 0.29) is 0 Å². The Morgan fingerprint density at radius 1 is 1.19 bits per heavy atom. The standard InChI is InChI=1S/C16H14ClN3O/c1-21-15-5-4-11(10-20-15)9-19-14-8-13(17)7-12-3-2-6-18-16(12)14/h2-8,10,19H,9H2,1H3. The van der Waals surface area contributed by atoms with Crippen LogP contribution in [0.15, 0.2) is 48.8 Å². The minimum Gasteiger partial charge on any atom is -0.481 e. The lowest BCUT2D eigenvalue weighted by Crippen LogP contribution is -2.01. The van der Waals surface area contributed by atoms with E-state index in [9.17, 15) is 0 Å². The first-order chi connectivity index (χ1) is 10.3. The number of fused-ring (bicyclic) bond motifs is 1. The van der Waals surface area contributed by atoms with Crippen molar-refractivity contribution in [2.45, 2.75) is 6.54 Å². The highest BCUT2D eigenvalue weighted by molar-refractivity contribution is 6.31. The summed E-state index contributed by atoms with van der Waals surface area (Å²) in [7, 11) is 1.60. The molecule has 0 amide bonds. The summed E-state index contributed by atoms with van der Waals surface area (Å²) >= 11 is 6.15. The van der Waals surface area contributed by atoms with Gasteiger partial charge in [-0.1, -0.05) is 23.7 Å². The van der Waals surface area contributed by atoms with Crippen LogP contribution < -0.4 is 10.1 Å². The summed E-state index contributed by atoms with van der Waals surface area (Å²) in [5, 5.41) is 5.05. The summed E-state index contributed by atoms with van der Waals surface area (Å²) < 4.78 is 5.05. The van der Waals surface area contributed by atoms with Gasteiger partial charge in [0.25, 0.3) is 0 Å². The highest BCUT2D eigenvalue weighted by atomic mass is 35.5. The van der Waals surface area contributed by atoms with E-state index in [2.05, 4.69) is 15.3 Å². The van der Waals surface area contributed by atoms with E-state index in [1.165, 1.54) is 0 Å². The van der Waals surface area contributed by atoms with Gasteiger partial charge in [0.2, 0.25) is 5.88 Å². The molecule has 0 spiro atoms. The summed E-state index contributed by atoms with van der Waals surface area (Å²) in [6.45, 7) is 0.642. The smallest absolute Gasteiger partial charge is 0.212 e. The average molecular weight is 300 g/mol. The quantitative estimate of drug-likeness (QED) is 0.793. The highest BCUT2D eigenvalue weighted by Crippen LogP contribution is 2.26. The molecule has 0 radical (unpaired) electrons. The monoisotopic (exact) mass is 299 g/mol. The Kier molecular flexibility index (Phi) is 3.88. The molecule has 106 valence electrons. The van der Waals surface area contributed by atoms with Crippen LogP contribution in [0.4, 0.5) is 5.69 Å².